The van der Waals surface area contributed by atoms with E-state index in [-0.39, 0.29) is 11.7 Å². The zero-order valence-corrected chi connectivity index (χ0v) is 11.6. The number of anilines is 1. The third-order valence-electron chi connectivity index (χ3n) is 1.95. The Morgan fingerprint density at radius 3 is 2.71 bits per heavy atom. The Morgan fingerprint density at radius 2 is 2.00 bits per heavy atom. The van der Waals surface area contributed by atoms with Crippen LogP contribution in [0.1, 0.15) is 0 Å². The summed E-state index contributed by atoms with van der Waals surface area (Å²) >= 11 is 6.50. The molecule has 0 bridgehead atoms. The van der Waals surface area contributed by atoms with Crippen LogP contribution < -0.4 is 10.5 Å². The van der Waals surface area contributed by atoms with Crippen LogP contribution in [0.5, 0.6) is 11.6 Å². The highest BCUT2D eigenvalue weighted by Gasteiger charge is 2.08. The van der Waals surface area contributed by atoms with Crippen molar-refractivity contribution in [3.8, 4) is 11.6 Å². The van der Waals surface area contributed by atoms with Crippen molar-refractivity contribution < 1.29 is 9.13 Å². The van der Waals surface area contributed by atoms with Gasteiger partial charge in [-0.05, 0) is 50.1 Å². The van der Waals surface area contributed by atoms with Crippen molar-refractivity contribution in [2.24, 2.45) is 0 Å². The average Bonchev–Trinajstić information content (AvgIpc) is 2.27. The van der Waals surface area contributed by atoms with Gasteiger partial charge in [0.05, 0.1) is 10.2 Å². The third-order valence-corrected chi connectivity index (χ3v) is 3.03. The van der Waals surface area contributed by atoms with Crippen molar-refractivity contribution in [1.29, 1.82) is 0 Å². The number of nitrogens with zero attached hydrogens (tertiary/aromatic N) is 1. The lowest BCUT2D eigenvalue weighted by molar-refractivity contribution is 0.457. The topological polar surface area (TPSA) is 48.1 Å². The van der Waals surface area contributed by atoms with Crippen molar-refractivity contribution in [2.75, 3.05) is 5.73 Å². The zero-order valence-electron chi connectivity index (χ0n) is 8.45. The number of nitrogen functional groups attached to an aromatic ring is 1. The van der Waals surface area contributed by atoms with E-state index in [1.165, 1.54) is 12.1 Å². The summed E-state index contributed by atoms with van der Waals surface area (Å²) in [7, 11) is 0. The number of hydrogen-bond acceptors (Lipinski definition) is 3. The maximum absolute atomic E-state index is 13.1. The number of ether oxygens (including phenoxy) is 1. The number of benzene rings is 1. The first-order chi connectivity index (χ1) is 8.06. The van der Waals surface area contributed by atoms with Crippen LogP contribution in [0.3, 0.4) is 0 Å². The smallest absolute Gasteiger partial charge is 0.242 e. The SMILES string of the molecule is Nc1cc(Br)cnc1Oc1cc(F)ccc1Br. The van der Waals surface area contributed by atoms with Gasteiger partial charge in [-0.25, -0.2) is 9.37 Å². The minimum atomic E-state index is -0.390. The molecule has 17 heavy (non-hydrogen) atoms. The molecule has 0 saturated heterocycles. The molecule has 0 aliphatic rings. The molecule has 0 aliphatic carbocycles. The van der Waals surface area contributed by atoms with Gasteiger partial charge in [0.25, 0.3) is 0 Å². The van der Waals surface area contributed by atoms with Gasteiger partial charge in [-0.1, -0.05) is 0 Å². The quantitative estimate of drug-likeness (QED) is 0.875. The van der Waals surface area contributed by atoms with Crippen molar-refractivity contribution in [2.45, 2.75) is 0 Å². The molecule has 88 valence electrons. The van der Waals surface area contributed by atoms with Gasteiger partial charge in [0.2, 0.25) is 5.88 Å². The monoisotopic (exact) mass is 360 g/mol. The van der Waals surface area contributed by atoms with Gasteiger partial charge in [0, 0.05) is 16.7 Å². The summed E-state index contributed by atoms with van der Waals surface area (Å²) < 4.78 is 19.9. The molecule has 0 amide bonds. The van der Waals surface area contributed by atoms with Crippen LogP contribution in [0, 0.1) is 5.82 Å². The molecule has 0 unspecified atom stereocenters. The van der Waals surface area contributed by atoms with Crippen molar-refractivity contribution in [1.82, 2.24) is 4.98 Å². The Balaban J connectivity index is 2.34. The molecule has 2 aromatic rings. The Bertz CT molecular complexity index is 563. The first kappa shape index (κ1) is 12.3. The number of aromatic nitrogens is 1. The van der Waals surface area contributed by atoms with Crippen LogP contribution in [0.15, 0.2) is 39.4 Å². The predicted octanol–water partition coefficient (Wildman–Crippen LogP) is 4.12. The fourth-order valence-electron chi connectivity index (χ4n) is 1.19. The maximum atomic E-state index is 13.1. The van der Waals surface area contributed by atoms with Gasteiger partial charge in [-0.15, -0.1) is 0 Å². The summed E-state index contributed by atoms with van der Waals surface area (Å²) in [5.41, 5.74) is 6.10. The highest BCUT2D eigenvalue weighted by Crippen LogP contribution is 2.32. The van der Waals surface area contributed by atoms with E-state index in [0.29, 0.717) is 15.9 Å². The standard InChI is InChI=1S/C11H7Br2FN2O/c12-6-3-9(15)11(16-5-6)17-10-4-7(14)1-2-8(10)13/h1-5H,15H2. The van der Waals surface area contributed by atoms with Crippen LogP contribution >= 0.6 is 31.9 Å². The van der Waals surface area contributed by atoms with Gasteiger partial charge >= 0.3 is 0 Å². The van der Waals surface area contributed by atoms with Crippen LogP contribution in [0.25, 0.3) is 0 Å². The summed E-state index contributed by atoms with van der Waals surface area (Å²) in [5, 5.41) is 0. The molecule has 1 aromatic heterocycles. The van der Waals surface area contributed by atoms with E-state index in [9.17, 15) is 4.39 Å². The molecule has 0 aliphatic heterocycles. The second kappa shape index (κ2) is 5.01. The van der Waals surface area contributed by atoms with Crippen molar-refractivity contribution in [3.63, 3.8) is 0 Å². The zero-order chi connectivity index (χ0) is 12.4. The fourth-order valence-corrected chi connectivity index (χ4v) is 1.86. The summed E-state index contributed by atoms with van der Waals surface area (Å²) in [6.45, 7) is 0. The van der Waals surface area contributed by atoms with Crippen LogP contribution in [-0.4, -0.2) is 4.98 Å². The predicted molar refractivity (Wildman–Crippen MR) is 70.5 cm³/mol. The van der Waals surface area contributed by atoms with Gasteiger partial charge in [-0.3, -0.25) is 0 Å². The van der Waals surface area contributed by atoms with Crippen LogP contribution in [-0.2, 0) is 0 Å². The molecule has 0 fully saturated rings. The lowest BCUT2D eigenvalue weighted by atomic mass is 10.3. The lowest BCUT2D eigenvalue weighted by Crippen LogP contribution is -1.95. The largest absolute Gasteiger partial charge is 0.436 e. The van der Waals surface area contributed by atoms with Crippen molar-refractivity contribution in [3.05, 3.63) is 45.2 Å². The van der Waals surface area contributed by atoms with Crippen LogP contribution in [0.2, 0.25) is 0 Å². The number of rotatable bonds is 2. The van der Waals surface area contributed by atoms with E-state index in [1.54, 1.807) is 18.3 Å². The Hall–Kier alpha value is -1.14. The second-order valence-electron chi connectivity index (χ2n) is 3.22. The van der Waals surface area contributed by atoms with E-state index in [1.807, 2.05) is 0 Å². The summed E-state index contributed by atoms with van der Waals surface area (Å²) in [6, 6.07) is 5.80. The molecule has 0 saturated carbocycles. The number of pyridine rings is 1. The third kappa shape index (κ3) is 2.95. The molecule has 3 nitrogen and oxygen atoms in total. The molecule has 1 heterocycles. The fraction of sp³-hybridized carbons (Fsp3) is 0. The highest BCUT2D eigenvalue weighted by molar-refractivity contribution is 9.10. The number of halogens is 3. The number of hydrogen-bond donors (Lipinski definition) is 1. The molecule has 1 aromatic carbocycles. The first-order valence-corrected chi connectivity index (χ1v) is 6.19. The van der Waals surface area contributed by atoms with E-state index in [0.717, 1.165) is 4.47 Å². The van der Waals surface area contributed by atoms with Crippen molar-refractivity contribution >= 4 is 37.5 Å². The van der Waals surface area contributed by atoms with Gasteiger partial charge in [0.1, 0.15) is 11.6 Å². The first-order valence-electron chi connectivity index (χ1n) is 4.60. The van der Waals surface area contributed by atoms with Crippen LogP contribution in [0.4, 0.5) is 10.1 Å². The number of nitrogens with two attached hydrogens (primary N) is 1. The Kier molecular flexibility index (Phi) is 3.63. The normalized spacial score (nSPS) is 10.3. The minimum absolute atomic E-state index is 0.236. The molecule has 0 spiro atoms. The van der Waals surface area contributed by atoms with Gasteiger partial charge < -0.3 is 10.5 Å². The minimum Gasteiger partial charge on any atom is -0.436 e. The van der Waals surface area contributed by atoms with E-state index >= 15 is 0 Å². The Morgan fingerprint density at radius 1 is 1.24 bits per heavy atom. The summed E-state index contributed by atoms with van der Waals surface area (Å²) in [5.74, 6) is 0.171. The second-order valence-corrected chi connectivity index (χ2v) is 4.99. The van der Waals surface area contributed by atoms with Gasteiger partial charge in [0.15, 0.2) is 0 Å². The lowest BCUT2D eigenvalue weighted by Gasteiger charge is -2.08. The Labute approximate surface area is 114 Å². The van der Waals surface area contributed by atoms with E-state index in [4.69, 9.17) is 10.5 Å². The maximum Gasteiger partial charge on any atom is 0.242 e. The van der Waals surface area contributed by atoms with E-state index < -0.39 is 0 Å². The van der Waals surface area contributed by atoms with Gasteiger partial charge in [-0.2, -0.15) is 0 Å². The molecule has 2 rings (SSSR count). The molecule has 6 heteroatoms. The molecular weight excluding hydrogens is 355 g/mol. The molecular formula is C11H7Br2FN2O. The molecule has 2 N–H and O–H groups in total. The van der Waals surface area contributed by atoms with E-state index in [2.05, 4.69) is 36.8 Å². The highest BCUT2D eigenvalue weighted by atomic mass is 79.9. The summed E-state index contributed by atoms with van der Waals surface area (Å²) in [6.07, 6.45) is 1.55. The summed E-state index contributed by atoms with van der Waals surface area (Å²) in [4.78, 5) is 4.01. The molecule has 0 radical (unpaired) electrons. The molecule has 0 atom stereocenters. The average molecular weight is 362 g/mol.